The van der Waals surface area contributed by atoms with Crippen LogP contribution in [0.1, 0.15) is 36.4 Å². The van der Waals surface area contributed by atoms with Gasteiger partial charge in [0.2, 0.25) is 0 Å². The molecular weight excluding hydrogens is 416 g/mol. The van der Waals surface area contributed by atoms with Gasteiger partial charge in [0, 0.05) is 24.4 Å². The predicted octanol–water partition coefficient (Wildman–Crippen LogP) is 3.28. The lowest BCUT2D eigenvalue weighted by atomic mass is 10.1. The molecule has 3 rings (SSSR count). The van der Waals surface area contributed by atoms with E-state index in [1.807, 2.05) is 32.0 Å². The summed E-state index contributed by atoms with van der Waals surface area (Å²) in [5, 5.41) is -0.574. The Bertz CT molecular complexity index is 1250. The molecule has 0 radical (unpaired) electrons. The number of hydrogen-bond acceptors (Lipinski definition) is 7. The van der Waals surface area contributed by atoms with E-state index in [2.05, 4.69) is 15.0 Å². The van der Waals surface area contributed by atoms with E-state index in [1.54, 1.807) is 40.1 Å². The molecule has 0 aliphatic heterocycles. The molecule has 3 aromatic rings. The Balaban J connectivity index is 2.16. The van der Waals surface area contributed by atoms with E-state index in [-0.39, 0.29) is 29.0 Å². The van der Waals surface area contributed by atoms with Crippen LogP contribution in [0.15, 0.2) is 35.3 Å². The minimum atomic E-state index is -3.44. The Hall–Kier alpha value is -3.07. The van der Waals surface area contributed by atoms with E-state index in [1.165, 1.54) is 4.57 Å². The Labute approximate surface area is 181 Å². The molecule has 0 aliphatic carbocycles. The van der Waals surface area contributed by atoms with Crippen molar-refractivity contribution in [2.45, 2.75) is 45.6 Å². The number of ether oxygens (including phenoxy) is 1. The quantitative estimate of drug-likeness (QED) is 0.577. The third-order valence-corrected chi connectivity index (χ3v) is 7.03. The number of rotatable bonds is 6. The highest BCUT2D eigenvalue weighted by Crippen LogP contribution is 2.28. The van der Waals surface area contributed by atoms with Crippen molar-refractivity contribution in [2.75, 3.05) is 0 Å². The maximum Gasteiger partial charge on any atom is 0.325 e. The number of sulfone groups is 1. The first kappa shape index (κ1) is 22.6. The van der Waals surface area contributed by atoms with Gasteiger partial charge in [-0.05, 0) is 51.8 Å². The number of aryl methyl sites for hydroxylation is 4. The van der Waals surface area contributed by atoms with Crippen molar-refractivity contribution in [2.24, 2.45) is 7.05 Å². The van der Waals surface area contributed by atoms with Gasteiger partial charge >= 0.3 is 6.01 Å². The van der Waals surface area contributed by atoms with E-state index in [9.17, 15) is 13.2 Å². The van der Waals surface area contributed by atoms with Crippen LogP contribution in [0.3, 0.4) is 0 Å². The lowest BCUT2D eigenvalue weighted by Crippen LogP contribution is -2.20. The zero-order valence-electron chi connectivity index (χ0n) is 18.5. The maximum absolute atomic E-state index is 12.5. The molecule has 0 aliphatic rings. The summed E-state index contributed by atoms with van der Waals surface area (Å²) >= 11 is 0. The first-order valence-corrected chi connectivity index (χ1v) is 11.6. The summed E-state index contributed by atoms with van der Waals surface area (Å²) in [5.41, 5.74) is 2.76. The van der Waals surface area contributed by atoms with E-state index in [0.29, 0.717) is 16.9 Å². The van der Waals surface area contributed by atoms with Crippen LogP contribution in [0.2, 0.25) is 0 Å². The molecule has 31 heavy (non-hydrogen) atoms. The summed E-state index contributed by atoms with van der Waals surface area (Å²) in [7, 11) is -1.81. The van der Waals surface area contributed by atoms with Crippen LogP contribution in [-0.4, -0.2) is 33.2 Å². The van der Waals surface area contributed by atoms with Crippen LogP contribution in [0.4, 0.5) is 0 Å². The molecule has 2 heterocycles. The van der Waals surface area contributed by atoms with Gasteiger partial charge in [-0.1, -0.05) is 18.2 Å². The Morgan fingerprint density at radius 1 is 1.03 bits per heavy atom. The normalized spacial score (nSPS) is 11.7. The van der Waals surface area contributed by atoms with E-state index in [0.717, 1.165) is 11.1 Å². The second-order valence-electron chi connectivity index (χ2n) is 7.86. The fraction of sp³-hybridized carbons (Fsp3) is 0.364. The highest BCUT2D eigenvalue weighted by atomic mass is 32.2. The predicted molar refractivity (Wildman–Crippen MR) is 119 cm³/mol. The van der Waals surface area contributed by atoms with Gasteiger partial charge in [0.25, 0.3) is 5.56 Å². The minimum Gasteiger partial charge on any atom is -0.424 e. The van der Waals surface area contributed by atoms with E-state index >= 15 is 0 Å². The summed E-state index contributed by atoms with van der Waals surface area (Å²) in [6.45, 7) is 8.74. The summed E-state index contributed by atoms with van der Waals surface area (Å²) in [6, 6.07) is 7.41. The van der Waals surface area contributed by atoms with Gasteiger partial charge in [-0.15, -0.1) is 0 Å². The summed E-state index contributed by atoms with van der Waals surface area (Å²) < 4.78 is 32.4. The molecule has 1 aromatic carbocycles. The minimum absolute atomic E-state index is 0.00265. The van der Waals surface area contributed by atoms with Crippen LogP contribution in [0, 0.1) is 20.8 Å². The van der Waals surface area contributed by atoms with Crippen molar-refractivity contribution >= 4 is 9.84 Å². The molecule has 0 saturated carbocycles. The van der Waals surface area contributed by atoms with Crippen molar-refractivity contribution < 1.29 is 13.2 Å². The Kier molecular flexibility index (Phi) is 6.26. The van der Waals surface area contributed by atoms with Crippen LogP contribution < -0.4 is 10.3 Å². The number of hydrogen-bond donors (Lipinski definition) is 0. The number of para-hydroxylation sites is 1. The highest BCUT2D eigenvalue weighted by Gasteiger charge is 2.21. The molecule has 9 heteroatoms. The standard InChI is InChI=1S/C22H26N4O4S/c1-13(2)31(28,29)12-18-23-20(17-10-16(5)21(27)26(6)11-17)25-22(24-18)30-19-14(3)8-7-9-15(19)4/h7-11,13H,12H2,1-6H3. The first-order valence-electron chi connectivity index (χ1n) is 9.86. The lowest BCUT2D eigenvalue weighted by molar-refractivity contribution is 0.431. The number of benzene rings is 1. The molecule has 8 nitrogen and oxygen atoms in total. The fourth-order valence-electron chi connectivity index (χ4n) is 3.04. The molecule has 2 aromatic heterocycles. The van der Waals surface area contributed by atoms with Gasteiger partial charge in [-0.3, -0.25) is 4.79 Å². The average molecular weight is 443 g/mol. The molecule has 0 bridgehead atoms. The summed E-state index contributed by atoms with van der Waals surface area (Å²) in [4.78, 5) is 25.1. The second kappa shape index (κ2) is 8.58. The number of aromatic nitrogens is 4. The van der Waals surface area contributed by atoms with Crippen molar-refractivity contribution in [3.63, 3.8) is 0 Å². The molecule has 0 unspecified atom stereocenters. The second-order valence-corrected chi connectivity index (χ2v) is 10.4. The van der Waals surface area contributed by atoms with E-state index < -0.39 is 15.1 Å². The van der Waals surface area contributed by atoms with Crippen molar-refractivity contribution in [3.8, 4) is 23.1 Å². The summed E-state index contributed by atoms with van der Waals surface area (Å²) in [6.07, 6.45) is 1.61. The average Bonchev–Trinajstić information content (AvgIpc) is 2.68. The number of nitrogens with zero attached hydrogens (tertiary/aromatic N) is 4. The zero-order chi connectivity index (χ0) is 22.9. The molecular formula is C22H26N4O4S. The van der Waals surface area contributed by atoms with Gasteiger partial charge in [-0.25, -0.2) is 13.4 Å². The molecule has 0 saturated heterocycles. The van der Waals surface area contributed by atoms with Crippen LogP contribution in [0.25, 0.3) is 11.4 Å². The molecule has 0 atom stereocenters. The topological polar surface area (TPSA) is 104 Å². The lowest BCUT2D eigenvalue weighted by Gasteiger charge is -2.13. The van der Waals surface area contributed by atoms with Crippen molar-refractivity contribution in [1.82, 2.24) is 19.5 Å². The smallest absolute Gasteiger partial charge is 0.325 e. The van der Waals surface area contributed by atoms with E-state index in [4.69, 9.17) is 4.74 Å². The number of pyridine rings is 1. The monoisotopic (exact) mass is 442 g/mol. The SMILES string of the molecule is Cc1cccc(C)c1Oc1nc(CS(=O)(=O)C(C)C)nc(-c2cc(C)c(=O)n(C)c2)n1. The Morgan fingerprint density at radius 3 is 2.26 bits per heavy atom. The van der Waals surface area contributed by atoms with Crippen LogP contribution >= 0.6 is 0 Å². The van der Waals surface area contributed by atoms with Crippen LogP contribution in [-0.2, 0) is 22.6 Å². The highest BCUT2D eigenvalue weighted by molar-refractivity contribution is 7.91. The van der Waals surface area contributed by atoms with Gasteiger partial charge < -0.3 is 9.30 Å². The first-order chi connectivity index (χ1) is 14.5. The third-order valence-electron chi connectivity index (χ3n) is 4.93. The fourth-order valence-corrected chi connectivity index (χ4v) is 3.86. The van der Waals surface area contributed by atoms with Gasteiger partial charge in [0.05, 0.1) is 5.25 Å². The summed E-state index contributed by atoms with van der Waals surface area (Å²) in [5.74, 6) is 0.595. The van der Waals surface area contributed by atoms with Crippen molar-refractivity contribution in [1.29, 1.82) is 0 Å². The van der Waals surface area contributed by atoms with Crippen LogP contribution in [0.5, 0.6) is 11.8 Å². The molecule has 0 spiro atoms. The third kappa shape index (κ3) is 4.99. The maximum atomic E-state index is 12.5. The molecule has 0 fully saturated rings. The molecule has 164 valence electrons. The Morgan fingerprint density at radius 2 is 1.68 bits per heavy atom. The largest absolute Gasteiger partial charge is 0.424 e. The van der Waals surface area contributed by atoms with Gasteiger partial charge in [0.1, 0.15) is 11.5 Å². The molecule has 0 amide bonds. The zero-order valence-corrected chi connectivity index (χ0v) is 19.3. The van der Waals surface area contributed by atoms with Crippen molar-refractivity contribution in [3.05, 3.63) is 63.3 Å². The van der Waals surface area contributed by atoms with Gasteiger partial charge in [0.15, 0.2) is 21.5 Å². The van der Waals surface area contributed by atoms with Gasteiger partial charge in [-0.2, -0.15) is 9.97 Å². The molecule has 0 N–H and O–H groups in total.